The van der Waals surface area contributed by atoms with Gasteiger partial charge in [-0.05, 0) is 55.2 Å². The van der Waals surface area contributed by atoms with E-state index in [4.69, 9.17) is 4.74 Å². The molecule has 0 unspecified atom stereocenters. The monoisotopic (exact) mass is 433 g/mol. The van der Waals surface area contributed by atoms with Crippen LogP contribution < -0.4 is 5.32 Å². The van der Waals surface area contributed by atoms with E-state index in [1.807, 2.05) is 36.4 Å². The molecule has 3 aromatic rings. The predicted molar refractivity (Wildman–Crippen MR) is 125 cm³/mol. The minimum atomic E-state index is -0.337. The number of carbonyl (C=O) groups is 2. The van der Waals surface area contributed by atoms with Crippen molar-refractivity contribution in [2.24, 2.45) is 0 Å². The molecule has 160 valence electrons. The van der Waals surface area contributed by atoms with Gasteiger partial charge in [0.15, 0.2) is 0 Å². The number of hydrogen-bond donors (Lipinski definition) is 1. The number of anilines is 1. The summed E-state index contributed by atoms with van der Waals surface area (Å²) < 4.78 is 5.33. The molecule has 5 heteroatoms. The van der Waals surface area contributed by atoms with Gasteiger partial charge in [-0.3, -0.25) is 4.79 Å². The largest absolute Gasteiger partial charge is 0.462 e. The second kappa shape index (κ2) is 9.92. The molecule has 31 heavy (non-hydrogen) atoms. The molecule has 0 saturated heterocycles. The zero-order chi connectivity index (χ0) is 21.6. The highest BCUT2D eigenvalue weighted by molar-refractivity contribution is 7.17. The Balaban J connectivity index is 1.53. The van der Waals surface area contributed by atoms with E-state index >= 15 is 0 Å². The lowest BCUT2D eigenvalue weighted by atomic mass is 9.83. The van der Waals surface area contributed by atoms with Crippen LogP contribution in [0.1, 0.15) is 57.6 Å². The smallest absolute Gasteiger partial charge is 0.341 e. The molecule has 0 radical (unpaired) electrons. The summed E-state index contributed by atoms with van der Waals surface area (Å²) in [6.07, 6.45) is 3.74. The van der Waals surface area contributed by atoms with Crippen molar-refractivity contribution in [3.8, 4) is 0 Å². The van der Waals surface area contributed by atoms with Gasteiger partial charge >= 0.3 is 5.97 Å². The minimum Gasteiger partial charge on any atom is -0.462 e. The molecular formula is C26H27NO3S. The fourth-order valence-electron chi connectivity index (χ4n) is 4.19. The second-order valence-corrected chi connectivity index (χ2v) is 8.92. The first kappa shape index (κ1) is 21.3. The zero-order valence-electron chi connectivity index (χ0n) is 17.7. The van der Waals surface area contributed by atoms with Crippen LogP contribution in [0.25, 0.3) is 0 Å². The van der Waals surface area contributed by atoms with Gasteiger partial charge in [0.1, 0.15) is 5.00 Å². The number of rotatable bonds is 7. The van der Waals surface area contributed by atoms with E-state index < -0.39 is 0 Å². The van der Waals surface area contributed by atoms with Crippen LogP contribution in [0, 0.1) is 0 Å². The first-order valence-electron chi connectivity index (χ1n) is 10.9. The highest BCUT2D eigenvalue weighted by atomic mass is 32.1. The molecule has 1 aliphatic rings. The number of fused-ring (bicyclic) bond motifs is 1. The topological polar surface area (TPSA) is 55.4 Å². The molecule has 1 heterocycles. The van der Waals surface area contributed by atoms with E-state index in [2.05, 4.69) is 29.6 Å². The van der Waals surface area contributed by atoms with Gasteiger partial charge in [0.2, 0.25) is 5.91 Å². The fraction of sp³-hybridized carbons (Fsp3) is 0.308. The third kappa shape index (κ3) is 5.05. The van der Waals surface area contributed by atoms with Gasteiger partial charge in [-0.15, -0.1) is 11.3 Å². The molecule has 1 atom stereocenters. The van der Waals surface area contributed by atoms with E-state index in [1.165, 1.54) is 21.8 Å². The summed E-state index contributed by atoms with van der Waals surface area (Å²) in [7, 11) is 0. The maximum atomic E-state index is 12.7. The molecule has 4 nitrogen and oxygen atoms in total. The molecule has 0 bridgehead atoms. The van der Waals surface area contributed by atoms with Crippen LogP contribution >= 0.6 is 11.3 Å². The first-order valence-corrected chi connectivity index (χ1v) is 11.7. The Morgan fingerprint density at radius 2 is 1.77 bits per heavy atom. The summed E-state index contributed by atoms with van der Waals surface area (Å²) in [5.41, 5.74) is 4.06. The third-order valence-electron chi connectivity index (χ3n) is 5.75. The number of hydrogen-bond acceptors (Lipinski definition) is 4. The van der Waals surface area contributed by atoms with Crippen molar-refractivity contribution in [2.45, 2.75) is 44.9 Å². The van der Waals surface area contributed by atoms with E-state index in [9.17, 15) is 9.59 Å². The van der Waals surface area contributed by atoms with Crippen molar-refractivity contribution in [3.63, 3.8) is 0 Å². The first-order chi connectivity index (χ1) is 15.2. The lowest BCUT2D eigenvalue weighted by Gasteiger charge is -2.23. The van der Waals surface area contributed by atoms with Crippen LogP contribution in [0.15, 0.2) is 60.7 Å². The van der Waals surface area contributed by atoms with Gasteiger partial charge in [0.05, 0.1) is 12.2 Å². The molecule has 0 aliphatic heterocycles. The summed E-state index contributed by atoms with van der Waals surface area (Å²) in [6.45, 7) is 2.12. The Labute approximate surface area is 187 Å². The molecule has 2 aromatic carbocycles. The van der Waals surface area contributed by atoms with Crippen molar-refractivity contribution in [1.29, 1.82) is 0 Å². The van der Waals surface area contributed by atoms with Gasteiger partial charge in [-0.25, -0.2) is 4.79 Å². The Hall–Kier alpha value is -2.92. The predicted octanol–water partition coefficient (Wildman–Crippen LogP) is 5.77. The highest BCUT2D eigenvalue weighted by Gasteiger charge is 2.30. The summed E-state index contributed by atoms with van der Waals surface area (Å²) in [5.74, 6) is 0.0214. The number of amides is 1. The van der Waals surface area contributed by atoms with Crippen LogP contribution in [0.4, 0.5) is 5.00 Å². The third-order valence-corrected chi connectivity index (χ3v) is 6.92. The SMILES string of the molecule is CCOC(=O)c1c(NC(=O)CCc2ccccc2)sc2c1CC[C@@H](c1ccccc1)C2. The summed E-state index contributed by atoms with van der Waals surface area (Å²) in [6, 6.07) is 20.5. The Kier molecular flexibility index (Phi) is 6.82. The van der Waals surface area contributed by atoms with Gasteiger partial charge < -0.3 is 10.1 Å². The van der Waals surface area contributed by atoms with Crippen molar-refractivity contribution in [3.05, 3.63) is 87.8 Å². The average molecular weight is 434 g/mol. The van der Waals surface area contributed by atoms with E-state index in [0.717, 1.165) is 30.4 Å². The number of esters is 1. The van der Waals surface area contributed by atoms with Crippen molar-refractivity contribution in [1.82, 2.24) is 0 Å². The molecule has 0 spiro atoms. The standard InChI is InChI=1S/C26H27NO3S/c1-2-30-26(29)24-21-15-14-20(19-11-7-4-8-12-19)17-22(21)31-25(24)27-23(28)16-13-18-9-5-3-6-10-18/h3-12,20H,2,13-17H2,1H3,(H,27,28)/t20-/m1/s1. The maximum Gasteiger partial charge on any atom is 0.341 e. The van der Waals surface area contributed by atoms with Crippen LogP contribution in [0.3, 0.4) is 0 Å². The number of nitrogens with one attached hydrogen (secondary N) is 1. The zero-order valence-corrected chi connectivity index (χ0v) is 18.5. The quantitative estimate of drug-likeness (QED) is 0.481. The van der Waals surface area contributed by atoms with Crippen molar-refractivity contribution >= 4 is 28.2 Å². The van der Waals surface area contributed by atoms with Gasteiger partial charge in [-0.2, -0.15) is 0 Å². The second-order valence-electron chi connectivity index (χ2n) is 7.81. The van der Waals surface area contributed by atoms with E-state index in [0.29, 0.717) is 35.9 Å². The molecule has 4 rings (SSSR count). The Morgan fingerprint density at radius 3 is 2.48 bits per heavy atom. The lowest BCUT2D eigenvalue weighted by molar-refractivity contribution is -0.116. The number of carbonyl (C=O) groups excluding carboxylic acids is 2. The van der Waals surface area contributed by atoms with Gasteiger partial charge in [0, 0.05) is 11.3 Å². The summed E-state index contributed by atoms with van der Waals surface area (Å²) >= 11 is 1.53. The molecule has 1 N–H and O–H groups in total. The molecule has 1 aromatic heterocycles. The van der Waals surface area contributed by atoms with Crippen molar-refractivity contribution in [2.75, 3.05) is 11.9 Å². The Bertz CT molecular complexity index is 1040. The summed E-state index contributed by atoms with van der Waals surface area (Å²) in [4.78, 5) is 26.6. The van der Waals surface area contributed by atoms with Crippen LogP contribution in [0.5, 0.6) is 0 Å². The van der Waals surface area contributed by atoms with Crippen molar-refractivity contribution < 1.29 is 14.3 Å². The van der Waals surface area contributed by atoms with Crippen LogP contribution in [0.2, 0.25) is 0 Å². The molecule has 1 amide bonds. The number of aryl methyl sites for hydroxylation is 1. The molecular weight excluding hydrogens is 406 g/mol. The summed E-state index contributed by atoms with van der Waals surface area (Å²) in [5, 5.41) is 3.65. The van der Waals surface area contributed by atoms with E-state index in [1.54, 1.807) is 6.92 Å². The number of benzene rings is 2. The Morgan fingerprint density at radius 1 is 1.06 bits per heavy atom. The maximum absolute atomic E-state index is 12.7. The molecule has 0 fully saturated rings. The normalized spacial score (nSPS) is 15.2. The minimum absolute atomic E-state index is 0.0763. The van der Waals surface area contributed by atoms with Gasteiger partial charge in [-0.1, -0.05) is 60.7 Å². The lowest BCUT2D eigenvalue weighted by Crippen LogP contribution is -2.17. The number of thiophene rings is 1. The van der Waals surface area contributed by atoms with Crippen LogP contribution in [-0.4, -0.2) is 18.5 Å². The average Bonchev–Trinajstić information content (AvgIpc) is 3.16. The fourth-order valence-corrected chi connectivity index (χ4v) is 5.53. The number of ether oxygens (including phenoxy) is 1. The highest BCUT2D eigenvalue weighted by Crippen LogP contribution is 2.42. The molecule has 1 aliphatic carbocycles. The van der Waals surface area contributed by atoms with Crippen LogP contribution in [-0.2, 0) is 28.8 Å². The van der Waals surface area contributed by atoms with E-state index in [-0.39, 0.29) is 11.9 Å². The molecule has 0 saturated carbocycles. The van der Waals surface area contributed by atoms with Gasteiger partial charge in [0.25, 0.3) is 0 Å².